The van der Waals surface area contributed by atoms with E-state index in [0.29, 0.717) is 5.75 Å². The molecule has 0 heterocycles. The first-order chi connectivity index (χ1) is 8.08. The Morgan fingerprint density at radius 1 is 1.35 bits per heavy atom. The van der Waals surface area contributed by atoms with E-state index in [-0.39, 0.29) is 12.2 Å². The molecule has 0 spiro atoms. The lowest BCUT2D eigenvalue weighted by Gasteiger charge is -2.21. The predicted octanol–water partition coefficient (Wildman–Crippen LogP) is 2.34. The second kappa shape index (κ2) is 5.07. The van der Waals surface area contributed by atoms with Crippen LogP contribution in [0.1, 0.15) is 43.4 Å². The van der Waals surface area contributed by atoms with Gasteiger partial charge in [0.15, 0.2) is 0 Å². The molecule has 1 aromatic rings. The molecule has 0 amide bonds. The summed E-state index contributed by atoms with van der Waals surface area (Å²) in [6.45, 7) is 3.71. The molecule has 0 saturated heterocycles. The van der Waals surface area contributed by atoms with Crippen molar-refractivity contribution < 1.29 is 14.9 Å². The molecule has 1 aliphatic rings. The summed E-state index contributed by atoms with van der Waals surface area (Å²) in [5.74, 6) is 0.700. The Bertz CT molecular complexity index is 387. The topological polar surface area (TPSA) is 49.7 Å². The zero-order chi connectivity index (χ0) is 12.4. The maximum atomic E-state index is 9.76. The molecule has 3 nitrogen and oxygen atoms in total. The SMILES string of the molecule is Cc1ccc([C@@H](C)O)c(OC2CCCC2O)c1. The van der Waals surface area contributed by atoms with Gasteiger partial charge in [-0.05, 0) is 44.7 Å². The minimum atomic E-state index is -0.552. The smallest absolute Gasteiger partial charge is 0.125 e. The minimum Gasteiger partial charge on any atom is -0.487 e. The van der Waals surface area contributed by atoms with Crippen molar-refractivity contribution in [2.45, 2.75) is 51.4 Å². The summed E-state index contributed by atoms with van der Waals surface area (Å²) in [6.07, 6.45) is 1.63. The summed E-state index contributed by atoms with van der Waals surface area (Å²) in [6, 6.07) is 5.77. The molecule has 0 bridgehead atoms. The lowest BCUT2D eigenvalue weighted by Crippen LogP contribution is -2.26. The molecule has 2 unspecified atom stereocenters. The van der Waals surface area contributed by atoms with Crippen molar-refractivity contribution in [3.63, 3.8) is 0 Å². The van der Waals surface area contributed by atoms with Crippen LogP contribution in [0.3, 0.4) is 0 Å². The summed E-state index contributed by atoms with van der Waals surface area (Å²) < 4.78 is 5.85. The highest BCUT2D eigenvalue weighted by Crippen LogP contribution is 2.31. The highest BCUT2D eigenvalue weighted by atomic mass is 16.5. The maximum Gasteiger partial charge on any atom is 0.125 e. The van der Waals surface area contributed by atoms with Crippen molar-refractivity contribution in [3.05, 3.63) is 29.3 Å². The number of hydrogen-bond donors (Lipinski definition) is 2. The van der Waals surface area contributed by atoms with Crippen LogP contribution in [0.4, 0.5) is 0 Å². The van der Waals surface area contributed by atoms with Crippen molar-refractivity contribution >= 4 is 0 Å². The average Bonchev–Trinajstić information content (AvgIpc) is 2.64. The van der Waals surface area contributed by atoms with Crippen LogP contribution in [0.25, 0.3) is 0 Å². The van der Waals surface area contributed by atoms with E-state index in [1.54, 1.807) is 6.92 Å². The average molecular weight is 236 g/mol. The van der Waals surface area contributed by atoms with E-state index in [9.17, 15) is 10.2 Å². The Balaban J connectivity index is 2.21. The molecule has 3 heteroatoms. The molecule has 0 radical (unpaired) electrons. The Labute approximate surface area is 102 Å². The number of aliphatic hydroxyl groups excluding tert-OH is 2. The molecule has 17 heavy (non-hydrogen) atoms. The van der Waals surface area contributed by atoms with E-state index >= 15 is 0 Å². The third kappa shape index (κ3) is 2.79. The normalized spacial score (nSPS) is 25.9. The molecule has 2 rings (SSSR count). The molecule has 1 aliphatic carbocycles. The fourth-order valence-electron chi connectivity index (χ4n) is 2.30. The van der Waals surface area contributed by atoms with Crippen LogP contribution in [0.2, 0.25) is 0 Å². The van der Waals surface area contributed by atoms with Gasteiger partial charge < -0.3 is 14.9 Å². The van der Waals surface area contributed by atoms with Crippen molar-refractivity contribution in [2.75, 3.05) is 0 Å². The van der Waals surface area contributed by atoms with Gasteiger partial charge in [-0.3, -0.25) is 0 Å². The van der Waals surface area contributed by atoms with Gasteiger partial charge in [0.05, 0.1) is 12.2 Å². The highest BCUT2D eigenvalue weighted by molar-refractivity contribution is 5.38. The standard InChI is InChI=1S/C14H20O3/c1-9-6-7-11(10(2)15)14(8-9)17-13-5-3-4-12(13)16/h6-8,10,12-13,15-16H,3-5H2,1-2H3/t10-,12?,13?/m1/s1. The number of aryl methyl sites for hydroxylation is 1. The second-order valence-electron chi connectivity index (χ2n) is 4.87. The van der Waals surface area contributed by atoms with Gasteiger partial charge in [0.1, 0.15) is 11.9 Å². The van der Waals surface area contributed by atoms with Gasteiger partial charge in [-0.1, -0.05) is 12.1 Å². The molecule has 94 valence electrons. The van der Waals surface area contributed by atoms with Gasteiger partial charge in [0, 0.05) is 5.56 Å². The quantitative estimate of drug-likeness (QED) is 0.847. The van der Waals surface area contributed by atoms with Crippen molar-refractivity contribution in [1.82, 2.24) is 0 Å². The summed E-state index contributed by atoms with van der Waals surface area (Å²) >= 11 is 0. The van der Waals surface area contributed by atoms with Crippen molar-refractivity contribution in [2.24, 2.45) is 0 Å². The zero-order valence-corrected chi connectivity index (χ0v) is 10.4. The highest BCUT2D eigenvalue weighted by Gasteiger charge is 2.27. The number of aliphatic hydroxyl groups is 2. The summed E-state index contributed by atoms with van der Waals surface area (Å²) in [7, 11) is 0. The largest absolute Gasteiger partial charge is 0.487 e. The first-order valence-electron chi connectivity index (χ1n) is 6.21. The van der Waals surface area contributed by atoms with Crippen molar-refractivity contribution in [3.8, 4) is 5.75 Å². The van der Waals surface area contributed by atoms with Crippen LogP contribution in [0.15, 0.2) is 18.2 Å². The zero-order valence-electron chi connectivity index (χ0n) is 10.4. The van der Waals surface area contributed by atoms with E-state index in [2.05, 4.69) is 0 Å². The summed E-state index contributed by atoms with van der Waals surface area (Å²) in [5, 5.41) is 19.5. The molecular formula is C14H20O3. The van der Waals surface area contributed by atoms with Gasteiger partial charge in [0.25, 0.3) is 0 Å². The van der Waals surface area contributed by atoms with Crippen LogP contribution < -0.4 is 4.74 Å². The fraction of sp³-hybridized carbons (Fsp3) is 0.571. The number of ether oxygens (including phenoxy) is 1. The lowest BCUT2D eigenvalue weighted by atomic mass is 10.1. The number of rotatable bonds is 3. The first kappa shape index (κ1) is 12.4. The Kier molecular flexibility index (Phi) is 3.69. The second-order valence-corrected chi connectivity index (χ2v) is 4.87. The van der Waals surface area contributed by atoms with Crippen LogP contribution in [0.5, 0.6) is 5.75 Å². The van der Waals surface area contributed by atoms with Gasteiger partial charge in [0.2, 0.25) is 0 Å². The van der Waals surface area contributed by atoms with Crippen LogP contribution in [-0.2, 0) is 0 Å². The summed E-state index contributed by atoms with van der Waals surface area (Å²) in [5.41, 5.74) is 1.88. The van der Waals surface area contributed by atoms with Crippen LogP contribution in [0, 0.1) is 6.92 Å². The van der Waals surface area contributed by atoms with Gasteiger partial charge in [-0.15, -0.1) is 0 Å². The monoisotopic (exact) mass is 236 g/mol. The third-order valence-corrected chi connectivity index (χ3v) is 3.32. The van der Waals surface area contributed by atoms with Gasteiger partial charge in [-0.25, -0.2) is 0 Å². The van der Waals surface area contributed by atoms with E-state index in [1.807, 2.05) is 25.1 Å². The molecule has 0 aromatic heterocycles. The van der Waals surface area contributed by atoms with Crippen LogP contribution in [-0.4, -0.2) is 22.4 Å². The number of benzene rings is 1. The Morgan fingerprint density at radius 3 is 2.71 bits per heavy atom. The molecule has 0 aliphatic heterocycles. The Morgan fingerprint density at radius 2 is 2.12 bits per heavy atom. The van der Waals surface area contributed by atoms with E-state index in [4.69, 9.17) is 4.74 Å². The van der Waals surface area contributed by atoms with Gasteiger partial charge >= 0.3 is 0 Å². The van der Waals surface area contributed by atoms with Crippen LogP contribution >= 0.6 is 0 Å². The first-order valence-corrected chi connectivity index (χ1v) is 6.21. The van der Waals surface area contributed by atoms with E-state index in [0.717, 1.165) is 30.4 Å². The predicted molar refractivity (Wildman–Crippen MR) is 66.1 cm³/mol. The maximum absolute atomic E-state index is 9.76. The molecule has 3 atom stereocenters. The fourth-order valence-corrected chi connectivity index (χ4v) is 2.30. The number of hydrogen-bond acceptors (Lipinski definition) is 3. The molecular weight excluding hydrogens is 216 g/mol. The van der Waals surface area contributed by atoms with Gasteiger partial charge in [-0.2, -0.15) is 0 Å². The molecule has 1 saturated carbocycles. The minimum absolute atomic E-state index is 0.130. The Hall–Kier alpha value is -1.06. The third-order valence-electron chi connectivity index (χ3n) is 3.32. The lowest BCUT2D eigenvalue weighted by molar-refractivity contribution is 0.0577. The molecule has 1 fully saturated rings. The van der Waals surface area contributed by atoms with E-state index in [1.165, 1.54) is 0 Å². The van der Waals surface area contributed by atoms with E-state index < -0.39 is 6.10 Å². The summed E-state index contributed by atoms with van der Waals surface area (Å²) in [4.78, 5) is 0. The van der Waals surface area contributed by atoms with Crippen molar-refractivity contribution in [1.29, 1.82) is 0 Å². The molecule has 1 aromatic carbocycles. The molecule has 2 N–H and O–H groups in total.